The van der Waals surface area contributed by atoms with Gasteiger partial charge in [-0.15, -0.1) is 0 Å². The number of thiophene rings is 1. The monoisotopic (exact) mass is 552 g/mol. The summed E-state index contributed by atoms with van der Waals surface area (Å²) in [5.41, 5.74) is 5.05. The molecule has 2 atom stereocenters. The fourth-order valence-electron chi connectivity index (χ4n) is 5.28. The number of nitrogens with zero attached hydrogens (tertiary/aromatic N) is 2. The molecule has 0 N–H and O–H groups in total. The van der Waals surface area contributed by atoms with Crippen molar-refractivity contribution in [3.8, 4) is 22.4 Å². The second kappa shape index (κ2) is 9.53. The molecule has 39 heavy (non-hydrogen) atoms. The molecule has 6 rings (SSSR count). The van der Waals surface area contributed by atoms with Gasteiger partial charge in [0.05, 0.1) is 35.7 Å². The molecule has 0 aliphatic heterocycles. The Balaban J connectivity index is 1.67. The van der Waals surface area contributed by atoms with Gasteiger partial charge in [-0.3, -0.25) is 4.79 Å². The lowest BCUT2D eigenvalue weighted by molar-refractivity contribution is -0.142. The molecule has 1 aliphatic carbocycles. The highest BCUT2D eigenvalue weighted by Crippen LogP contribution is 2.51. The summed E-state index contributed by atoms with van der Waals surface area (Å²) in [4.78, 5) is 16.1. The second-order valence-corrected chi connectivity index (χ2v) is 12.4. The average molecular weight is 553 g/mol. The van der Waals surface area contributed by atoms with Gasteiger partial charge < -0.3 is 4.74 Å². The average Bonchev–Trinajstić information content (AvgIpc) is 3.48. The second-order valence-electron chi connectivity index (χ2n) is 9.67. The van der Waals surface area contributed by atoms with Crippen molar-refractivity contribution in [3.63, 3.8) is 0 Å². The molecule has 3 aromatic carbocycles. The number of carbonyl (C=O) groups excluding carboxylic acids is 1. The van der Waals surface area contributed by atoms with Crippen molar-refractivity contribution in [1.82, 2.24) is 3.97 Å². The standard InChI is InChI=1S/C31H24N2O4S2/c1-19-11-13-22(14-12-19)39(35,36)33-27-10-5-4-9-23(27)28(24-15-16-38-30(24)32-2)29(33)21-8-6-7-20(17-21)25-18-26(25)31(34)37-3/h4-17,25-26H,18H2,1,3H3. The van der Waals surface area contributed by atoms with Crippen LogP contribution in [0.1, 0.15) is 23.5 Å². The fourth-order valence-corrected chi connectivity index (χ4v) is 7.51. The molecule has 0 radical (unpaired) electrons. The van der Waals surface area contributed by atoms with Gasteiger partial charge in [0.2, 0.25) is 5.00 Å². The number of rotatable bonds is 6. The van der Waals surface area contributed by atoms with Crippen molar-refractivity contribution in [1.29, 1.82) is 0 Å². The Kier molecular flexibility index (Phi) is 6.13. The highest BCUT2D eigenvalue weighted by Gasteiger charge is 2.45. The maximum absolute atomic E-state index is 14.3. The van der Waals surface area contributed by atoms with Gasteiger partial charge in [-0.25, -0.2) is 17.2 Å². The Labute approximate surface area is 231 Å². The third-order valence-electron chi connectivity index (χ3n) is 7.29. The van der Waals surface area contributed by atoms with E-state index in [1.54, 1.807) is 30.3 Å². The van der Waals surface area contributed by atoms with Crippen molar-refractivity contribution >= 4 is 43.2 Å². The smallest absolute Gasteiger partial charge is 0.309 e. The van der Waals surface area contributed by atoms with E-state index in [1.165, 1.54) is 22.4 Å². The Morgan fingerprint density at radius 1 is 1.05 bits per heavy atom. The Morgan fingerprint density at radius 2 is 1.82 bits per heavy atom. The number of esters is 1. The van der Waals surface area contributed by atoms with E-state index in [1.807, 2.05) is 60.8 Å². The van der Waals surface area contributed by atoms with Crippen LogP contribution in [-0.4, -0.2) is 25.5 Å². The number of fused-ring (bicyclic) bond motifs is 1. The maximum Gasteiger partial charge on any atom is 0.309 e. The Morgan fingerprint density at radius 3 is 2.56 bits per heavy atom. The molecular formula is C31H24N2O4S2. The Bertz CT molecular complexity index is 1890. The van der Waals surface area contributed by atoms with E-state index in [4.69, 9.17) is 11.3 Å². The topological polar surface area (TPSA) is 69.7 Å². The fraction of sp³-hybridized carbons (Fsp3) is 0.161. The highest BCUT2D eigenvalue weighted by molar-refractivity contribution is 7.90. The number of ether oxygens (including phenoxy) is 1. The minimum Gasteiger partial charge on any atom is -0.469 e. The van der Waals surface area contributed by atoms with Crippen LogP contribution in [-0.2, 0) is 19.6 Å². The summed E-state index contributed by atoms with van der Waals surface area (Å²) in [5.74, 6) is -0.410. The summed E-state index contributed by atoms with van der Waals surface area (Å²) in [6.07, 6.45) is 0.694. The van der Waals surface area contributed by atoms with Gasteiger partial charge in [0.25, 0.3) is 10.0 Å². The van der Waals surface area contributed by atoms with Crippen LogP contribution >= 0.6 is 11.3 Å². The van der Waals surface area contributed by atoms with Crippen LogP contribution in [0.5, 0.6) is 0 Å². The highest BCUT2D eigenvalue weighted by atomic mass is 32.2. The van der Waals surface area contributed by atoms with Crippen LogP contribution < -0.4 is 0 Å². The Hall–Kier alpha value is -4.19. The molecule has 0 bridgehead atoms. The van der Waals surface area contributed by atoms with Crippen molar-refractivity contribution in [2.24, 2.45) is 5.92 Å². The molecule has 2 unspecified atom stereocenters. The van der Waals surface area contributed by atoms with Crippen molar-refractivity contribution < 1.29 is 17.9 Å². The third-order valence-corrected chi connectivity index (χ3v) is 9.82. The van der Waals surface area contributed by atoms with E-state index in [2.05, 4.69) is 4.85 Å². The normalized spacial score (nSPS) is 16.6. The molecule has 2 heterocycles. The lowest BCUT2D eigenvalue weighted by atomic mass is 9.97. The molecule has 1 aliphatic rings. The van der Waals surface area contributed by atoms with E-state index in [0.29, 0.717) is 39.3 Å². The molecule has 2 aromatic heterocycles. The van der Waals surface area contributed by atoms with Gasteiger partial charge in [-0.1, -0.05) is 60.2 Å². The summed E-state index contributed by atoms with van der Waals surface area (Å²) in [6, 6.07) is 23.8. The molecular weight excluding hydrogens is 528 g/mol. The molecule has 5 aromatic rings. The largest absolute Gasteiger partial charge is 0.469 e. The molecule has 0 amide bonds. The van der Waals surface area contributed by atoms with E-state index >= 15 is 0 Å². The molecule has 1 fully saturated rings. The molecule has 194 valence electrons. The van der Waals surface area contributed by atoms with Gasteiger partial charge >= 0.3 is 5.97 Å². The number of benzene rings is 3. The predicted octanol–water partition coefficient (Wildman–Crippen LogP) is 7.41. The number of aromatic nitrogens is 1. The molecule has 6 nitrogen and oxygen atoms in total. The lowest BCUT2D eigenvalue weighted by Crippen LogP contribution is -2.14. The maximum atomic E-state index is 14.3. The number of para-hydroxylation sites is 1. The zero-order chi connectivity index (χ0) is 27.3. The SMILES string of the molecule is [C-]#[N+]c1sccc1-c1c(-c2cccc(C3CC3C(=O)OC)c2)n(S(=O)(=O)c2ccc(C)cc2)c2ccccc12. The van der Waals surface area contributed by atoms with Gasteiger partial charge in [-0.2, -0.15) is 11.3 Å². The first kappa shape index (κ1) is 25.1. The minimum absolute atomic E-state index is 0.0207. The number of carbonyl (C=O) groups is 1. The van der Waals surface area contributed by atoms with Gasteiger partial charge in [0.1, 0.15) is 0 Å². The quantitative estimate of drug-likeness (QED) is 0.162. The van der Waals surface area contributed by atoms with Crippen LogP contribution in [0.4, 0.5) is 5.00 Å². The molecule has 0 saturated heterocycles. The van der Waals surface area contributed by atoms with Crippen LogP contribution in [0.2, 0.25) is 0 Å². The van der Waals surface area contributed by atoms with E-state index in [9.17, 15) is 13.2 Å². The summed E-state index contributed by atoms with van der Waals surface area (Å²) < 4.78 is 35.1. The summed E-state index contributed by atoms with van der Waals surface area (Å²) in [6.45, 7) is 9.68. The van der Waals surface area contributed by atoms with Crippen molar-refractivity contribution in [3.05, 3.63) is 107 Å². The van der Waals surface area contributed by atoms with E-state index in [-0.39, 0.29) is 22.7 Å². The number of methoxy groups -OCH3 is 1. The van der Waals surface area contributed by atoms with Crippen LogP contribution in [0, 0.1) is 19.4 Å². The zero-order valence-corrected chi connectivity index (χ0v) is 22.9. The van der Waals surface area contributed by atoms with Gasteiger partial charge in [0, 0.05) is 22.1 Å². The lowest BCUT2D eigenvalue weighted by Gasteiger charge is -2.15. The summed E-state index contributed by atoms with van der Waals surface area (Å²) in [7, 11) is -2.63. The summed E-state index contributed by atoms with van der Waals surface area (Å²) in [5, 5.41) is 3.10. The van der Waals surface area contributed by atoms with Crippen molar-refractivity contribution in [2.75, 3.05) is 7.11 Å². The molecule has 1 saturated carbocycles. The number of hydrogen-bond donors (Lipinski definition) is 0. The minimum atomic E-state index is -4.03. The van der Waals surface area contributed by atoms with Gasteiger partial charge in [-0.05, 0) is 54.5 Å². The van der Waals surface area contributed by atoms with Crippen LogP contribution in [0.15, 0.2) is 89.1 Å². The van der Waals surface area contributed by atoms with Crippen LogP contribution in [0.25, 0.3) is 38.1 Å². The number of aryl methyl sites for hydroxylation is 1. The zero-order valence-electron chi connectivity index (χ0n) is 21.3. The third kappa shape index (κ3) is 4.15. The van der Waals surface area contributed by atoms with E-state index < -0.39 is 10.0 Å². The first-order valence-corrected chi connectivity index (χ1v) is 14.8. The van der Waals surface area contributed by atoms with Crippen molar-refractivity contribution in [2.45, 2.75) is 24.2 Å². The van der Waals surface area contributed by atoms with Crippen LogP contribution in [0.3, 0.4) is 0 Å². The first-order chi connectivity index (χ1) is 18.8. The predicted molar refractivity (Wildman–Crippen MR) is 154 cm³/mol. The number of hydrogen-bond acceptors (Lipinski definition) is 5. The van der Waals surface area contributed by atoms with E-state index in [0.717, 1.165) is 16.5 Å². The van der Waals surface area contributed by atoms with Gasteiger partial charge in [0.15, 0.2) is 0 Å². The molecule has 8 heteroatoms. The molecule has 0 spiro atoms. The summed E-state index contributed by atoms with van der Waals surface area (Å²) >= 11 is 1.33. The first-order valence-electron chi connectivity index (χ1n) is 12.4.